The number of likely N-dealkylation sites (tertiary alicyclic amines) is 1. The minimum absolute atomic E-state index is 0.151. The maximum absolute atomic E-state index is 13.6. The highest BCUT2D eigenvalue weighted by Gasteiger charge is 2.35. The monoisotopic (exact) mass is 390 g/mol. The molecule has 6 heteroatoms. The third-order valence-electron chi connectivity index (χ3n) is 5.43. The first-order valence-corrected chi connectivity index (χ1v) is 9.61. The number of halogens is 1. The Morgan fingerprint density at radius 1 is 1.17 bits per heavy atom. The average molecular weight is 390 g/mol. The predicted octanol–water partition coefficient (Wildman–Crippen LogP) is 5.51. The summed E-state index contributed by atoms with van der Waals surface area (Å²) in [5.74, 6) is 0.482. The van der Waals surface area contributed by atoms with E-state index in [1.807, 2.05) is 24.3 Å². The summed E-state index contributed by atoms with van der Waals surface area (Å²) in [4.78, 5) is 19.2. The second kappa shape index (κ2) is 6.88. The van der Waals surface area contributed by atoms with Crippen LogP contribution in [0, 0.1) is 12.7 Å². The van der Waals surface area contributed by atoms with E-state index in [0.29, 0.717) is 29.3 Å². The van der Waals surface area contributed by atoms with Gasteiger partial charge in [-0.25, -0.2) is 9.37 Å². The van der Waals surface area contributed by atoms with Crippen molar-refractivity contribution in [2.24, 2.45) is 0 Å². The maximum Gasteiger partial charge on any atom is 0.290 e. The molecule has 0 unspecified atom stereocenters. The van der Waals surface area contributed by atoms with E-state index in [1.54, 1.807) is 30.0 Å². The molecule has 29 heavy (non-hydrogen) atoms. The van der Waals surface area contributed by atoms with Gasteiger partial charge in [-0.2, -0.15) is 0 Å². The van der Waals surface area contributed by atoms with Crippen LogP contribution in [0.5, 0.6) is 0 Å². The Balaban J connectivity index is 1.48. The Kier molecular flexibility index (Phi) is 4.19. The van der Waals surface area contributed by atoms with Gasteiger partial charge in [0.2, 0.25) is 5.89 Å². The Bertz CT molecular complexity index is 1200. The fraction of sp³-hybridized carbons (Fsp3) is 0.217. The van der Waals surface area contributed by atoms with Crippen LogP contribution in [-0.2, 0) is 0 Å². The number of benzene rings is 2. The van der Waals surface area contributed by atoms with Gasteiger partial charge in [-0.1, -0.05) is 12.1 Å². The topological polar surface area (TPSA) is 59.5 Å². The minimum Gasteiger partial charge on any atom is -0.459 e. The highest BCUT2D eigenvalue weighted by atomic mass is 19.1. The summed E-state index contributed by atoms with van der Waals surface area (Å²) < 4.78 is 24.8. The van der Waals surface area contributed by atoms with E-state index in [9.17, 15) is 9.18 Å². The van der Waals surface area contributed by atoms with Crippen LogP contribution in [0.1, 0.15) is 40.9 Å². The molecule has 0 bridgehead atoms. The van der Waals surface area contributed by atoms with Crippen molar-refractivity contribution in [2.45, 2.75) is 25.8 Å². The number of carbonyl (C=O) groups is 1. The molecule has 5 nitrogen and oxygen atoms in total. The van der Waals surface area contributed by atoms with Gasteiger partial charge in [-0.3, -0.25) is 4.79 Å². The Morgan fingerprint density at radius 2 is 2.00 bits per heavy atom. The zero-order chi connectivity index (χ0) is 20.0. The van der Waals surface area contributed by atoms with Crippen LogP contribution < -0.4 is 0 Å². The molecule has 0 spiro atoms. The van der Waals surface area contributed by atoms with Gasteiger partial charge >= 0.3 is 0 Å². The Hall–Kier alpha value is -3.41. The van der Waals surface area contributed by atoms with Gasteiger partial charge in [0.25, 0.3) is 5.91 Å². The molecule has 1 atom stereocenters. The predicted molar refractivity (Wildman–Crippen MR) is 106 cm³/mol. The molecule has 0 saturated carbocycles. The van der Waals surface area contributed by atoms with Crippen molar-refractivity contribution in [1.82, 2.24) is 9.88 Å². The number of hydrogen-bond acceptors (Lipinski definition) is 4. The molecule has 2 aromatic carbocycles. The molecule has 0 radical (unpaired) electrons. The molecule has 4 aromatic rings. The van der Waals surface area contributed by atoms with E-state index in [1.165, 1.54) is 12.3 Å². The van der Waals surface area contributed by atoms with Crippen molar-refractivity contribution < 1.29 is 18.0 Å². The normalized spacial score (nSPS) is 16.6. The van der Waals surface area contributed by atoms with E-state index < -0.39 is 0 Å². The molecular weight excluding hydrogens is 371 g/mol. The van der Waals surface area contributed by atoms with Gasteiger partial charge in [0.1, 0.15) is 17.4 Å². The fourth-order valence-corrected chi connectivity index (χ4v) is 3.90. The van der Waals surface area contributed by atoms with Gasteiger partial charge in [-0.05, 0) is 72.9 Å². The lowest BCUT2D eigenvalue weighted by molar-refractivity contribution is 0.0684. The van der Waals surface area contributed by atoms with E-state index in [2.05, 4.69) is 4.98 Å². The van der Waals surface area contributed by atoms with Crippen LogP contribution in [0.15, 0.2) is 63.6 Å². The number of aromatic nitrogens is 1. The second-order valence-electron chi connectivity index (χ2n) is 7.33. The Labute approximate surface area is 166 Å². The highest BCUT2D eigenvalue weighted by Crippen LogP contribution is 2.35. The van der Waals surface area contributed by atoms with E-state index in [-0.39, 0.29) is 17.8 Å². The maximum atomic E-state index is 13.6. The zero-order valence-corrected chi connectivity index (χ0v) is 15.9. The van der Waals surface area contributed by atoms with Gasteiger partial charge < -0.3 is 13.7 Å². The van der Waals surface area contributed by atoms with Gasteiger partial charge in [0.15, 0.2) is 11.3 Å². The van der Waals surface area contributed by atoms with E-state index in [0.717, 1.165) is 29.5 Å². The van der Waals surface area contributed by atoms with Crippen LogP contribution in [0.2, 0.25) is 0 Å². The van der Waals surface area contributed by atoms with E-state index >= 15 is 0 Å². The SMILES string of the molecule is Cc1cc(-c2ccc3oc([C@@H]4CCCN4C(=O)c4ccco4)nc3c2)ccc1F. The number of aryl methyl sites for hydroxylation is 1. The van der Waals surface area contributed by atoms with Crippen molar-refractivity contribution in [1.29, 1.82) is 0 Å². The minimum atomic E-state index is -0.221. The summed E-state index contributed by atoms with van der Waals surface area (Å²) in [5, 5.41) is 0. The van der Waals surface area contributed by atoms with Crippen LogP contribution in [0.3, 0.4) is 0 Å². The van der Waals surface area contributed by atoms with Crippen molar-refractivity contribution in [3.63, 3.8) is 0 Å². The fourth-order valence-electron chi connectivity index (χ4n) is 3.90. The average Bonchev–Trinajstić information content (AvgIpc) is 3.48. The lowest BCUT2D eigenvalue weighted by atomic mass is 10.0. The van der Waals surface area contributed by atoms with Crippen molar-refractivity contribution in [3.8, 4) is 11.1 Å². The first-order valence-electron chi connectivity index (χ1n) is 9.61. The lowest BCUT2D eigenvalue weighted by Gasteiger charge is -2.20. The largest absolute Gasteiger partial charge is 0.459 e. The number of oxazole rings is 1. The smallest absolute Gasteiger partial charge is 0.290 e. The molecule has 146 valence electrons. The number of furan rings is 1. The van der Waals surface area contributed by atoms with Crippen molar-refractivity contribution in [3.05, 3.63) is 77.8 Å². The third kappa shape index (κ3) is 3.10. The standard InChI is InChI=1S/C23H19FN2O3/c1-14-12-15(6-8-17(14)24)16-7-9-20-18(13-16)25-22(29-20)19-4-2-10-26(19)23(27)21-5-3-11-28-21/h3,5-9,11-13,19H,2,4,10H2,1H3/t19-/m0/s1. The number of rotatable bonds is 3. The molecule has 1 saturated heterocycles. The number of nitrogens with zero attached hydrogens (tertiary/aromatic N) is 2. The summed E-state index contributed by atoms with van der Waals surface area (Å²) in [6, 6.07) is 13.9. The number of fused-ring (bicyclic) bond motifs is 1. The highest BCUT2D eigenvalue weighted by molar-refractivity contribution is 5.92. The first-order chi connectivity index (χ1) is 14.1. The molecule has 0 N–H and O–H groups in total. The molecule has 1 amide bonds. The van der Waals surface area contributed by atoms with Crippen molar-refractivity contribution >= 4 is 17.0 Å². The molecule has 1 fully saturated rings. The Morgan fingerprint density at radius 3 is 2.79 bits per heavy atom. The van der Waals surface area contributed by atoms with Crippen LogP contribution >= 0.6 is 0 Å². The quantitative estimate of drug-likeness (QED) is 0.463. The summed E-state index contributed by atoms with van der Waals surface area (Å²) in [7, 11) is 0. The summed E-state index contributed by atoms with van der Waals surface area (Å²) >= 11 is 0. The molecule has 1 aliphatic heterocycles. The lowest BCUT2D eigenvalue weighted by Crippen LogP contribution is -2.30. The summed E-state index contributed by atoms with van der Waals surface area (Å²) in [5.41, 5.74) is 3.85. The first kappa shape index (κ1) is 17.7. The number of hydrogen-bond donors (Lipinski definition) is 0. The third-order valence-corrected chi connectivity index (χ3v) is 5.43. The van der Waals surface area contributed by atoms with Crippen molar-refractivity contribution in [2.75, 3.05) is 6.54 Å². The molecule has 3 heterocycles. The molecule has 2 aromatic heterocycles. The zero-order valence-electron chi connectivity index (χ0n) is 15.9. The molecule has 5 rings (SSSR count). The summed E-state index contributed by atoms with van der Waals surface area (Å²) in [6.07, 6.45) is 3.18. The number of amides is 1. The van der Waals surface area contributed by atoms with Gasteiger partial charge in [0.05, 0.1) is 6.26 Å². The second-order valence-corrected chi connectivity index (χ2v) is 7.33. The van der Waals surface area contributed by atoms with Crippen LogP contribution in [0.25, 0.3) is 22.2 Å². The van der Waals surface area contributed by atoms with Crippen LogP contribution in [-0.4, -0.2) is 22.3 Å². The molecular formula is C23H19FN2O3. The summed E-state index contributed by atoms with van der Waals surface area (Å²) in [6.45, 7) is 2.39. The number of carbonyl (C=O) groups excluding carboxylic acids is 1. The van der Waals surface area contributed by atoms with Gasteiger partial charge in [0, 0.05) is 6.54 Å². The molecule has 1 aliphatic rings. The molecule has 0 aliphatic carbocycles. The van der Waals surface area contributed by atoms with E-state index in [4.69, 9.17) is 8.83 Å². The van der Waals surface area contributed by atoms with Crippen LogP contribution in [0.4, 0.5) is 4.39 Å². The van der Waals surface area contributed by atoms with Gasteiger partial charge in [-0.15, -0.1) is 0 Å².